The molecule has 0 heterocycles. The van der Waals surface area contributed by atoms with Crippen LogP contribution >= 0.6 is 11.8 Å². The molecular formula is C10H7F5NaOS+. The maximum atomic E-state index is 12.9. The quantitative estimate of drug-likeness (QED) is 0.459. The first-order chi connectivity index (χ1) is 7.64. The normalized spacial score (nSPS) is 11.9. The van der Waals surface area contributed by atoms with Crippen molar-refractivity contribution in [2.24, 2.45) is 0 Å². The van der Waals surface area contributed by atoms with Crippen molar-refractivity contribution >= 4 is 16.9 Å². The zero-order valence-electron chi connectivity index (χ0n) is 9.52. The van der Waals surface area contributed by atoms with Crippen molar-refractivity contribution in [3.63, 3.8) is 0 Å². The zero-order valence-corrected chi connectivity index (χ0v) is 12.3. The second-order valence-electron chi connectivity index (χ2n) is 3.19. The Morgan fingerprint density at radius 2 is 1.50 bits per heavy atom. The monoisotopic (exact) mass is 293 g/mol. The molecule has 0 aliphatic heterocycles. The first-order valence-electron chi connectivity index (χ1n) is 4.38. The average Bonchev–Trinajstić information content (AvgIpc) is 2.15. The van der Waals surface area contributed by atoms with E-state index >= 15 is 0 Å². The Hall–Kier alpha value is -0.110. The van der Waals surface area contributed by atoms with Gasteiger partial charge in [0.2, 0.25) is 0 Å². The maximum Gasteiger partial charge on any atom is 1.00 e. The van der Waals surface area contributed by atoms with Gasteiger partial charge in [-0.3, -0.25) is 4.79 Å². The van der Waals surface area contributed by atoms with Crippen LogP contribution in [0.15, 0.2) is 29.2 Å². The van der Waals surface area contributed by atoms with Crippen LogP contribution in [0.25, 0.3) is 0 Å². The number of carbonyl (C=O) groups is 1. The molecule has 8 heteroatoms. The Kier molecular flexibility index (Phi) is 6.32. The summed E-state index contributed by atoms with van der Waals surface area (Å²) < 4.78 is 61.8. The first-order valence-corrected chi connectivity index (χ1v) is 5.20. The minimum absolute atomic E-state index is 0. The predicted octanol–water partition coefficient (Wildman–Crippen LogP) is 0.983. The second-order valence-corrected chi connectivity index (χ2v) is 4.44. The van der Waals surface area contributed by atoms with Gasteiger partial charge in [0, 0.05) is 17.4 Å². The van der Waals surface area contributed by atoms with Gasteiger partial charge < -0.3 is 0 Å². The van der Waals surface area contributed by atoms with Crippen LogP contribution in [0.5, 0.6) is 0 Å². The molecule has 1 aromatic rings. The van der Waals surface area contributed by atoms with Crippen molar-refractivity contribution < 1.29 is 56.3 Å². The van der Waals surface area contributed by atoms with Gasteiger partial charge in [-0.05, 0) is 12.1 Å². The summed E-state index contributed by atoms with van der Waals surface area (Å²) in [6.45, 7) is 1.27. The molecule has 0 saturated heterocycles. The first kappa shape index (κ1) is 17.9. The van der Waals surface area contributed by atoms with Crippen molar-refractivity contribution in [3.05, 3.63) is 29.8 Å². The summed E-state index contributed by atoms with van der Waals surface area (Å²) in [5.74, 6) is -4.88. The van der Waals surface area contributed by atoms with Crippen LogP contribution in [-0.4, -0.2) is 11.3 Å². The van der Waals surface area contributed by atoms with Crippen molar-refractivity contribution in [1.82, 2.24) is 0 Å². The molecule has 0 N–H and O–H groups in total. The smallest absolute Gasteiger partial charge is 0.287 e. The van der Waals surface area contributed by atoms with Gasteiger partial charge in [-0.15, -0.1) is 0 Å². The number of halogens is 5. The van der Waals surface area contributed by atoms with Gasteiger partial charge in [-0.25, -0.2) is 0 Å². The summed E-state index contributed by atoms with van der Waals surface area (Å²) in [6, 6.07) is 3.44. The molecule has 1 nitrogen and oxygen atoms in total. The number of hydrogen-bond donors (Lipinski definition) is 0. The summed E-state index contributed by atoms with van der Waals surface area (Å²) >= 11 is 0.760. The fourth-order valence-electron chi connectivity index (χ4n) is 1.06. The number of carbonyl (C=O) groups excluding carboxylic acids is 1. The minimum Gasteiger partial charge on any atom is -0.287 e. The number of alkyl halides is 5. The molecule has 1 aromatic carbocycles. The molecule has 1 rings (SSSR count). The van der Waals surface area contributed by atoms with Crippen LogP contribution < -0.4 is 29.6 Å². The summed E-state index contributed by atoms with van der Waals surface area (Å²) in [5.41, 5.74) is -1.14. The van der Waals surface area contributed by atoms with Crippen molar-refractivity contribution in [1.29, 1.82) is 0 Å². The summed E-state index contributed by atoms with van der Waals surface area (Å²) in [4.78, 5) is 11.0. The largest absolute Gasteiger partial charge is 1.00 e. The third-order valence-electron chi connectivity index (χ3n) is 1.83. The van der Waals surface area contributed by atoms with E-state index in [4.69, 9.17) is 0 Å². The molecule has 0 fully saturated rings. The fraction of sp³-hybridized carbons (Fsp3) is 0.300. The summed E-state index contributed by atoms with van der Waals surface area (Å²) in [6.07, 6.45) is -5.62. The molecule has 0 amide bonds. The van der Waals surface area contributed by atoms with E-state index in [-0.39, 0.29) is 34.7 Å². The topological polar surface area (TPSA) is 17.1 Å². The average molecular weight is 293 g/mol. The van der Waals surface area contributed by atoms with E-state index in [1.807, 2.05) is 0 Å². The van der Waals surface area contributed by atoms with Gasteiger partial charge in [0.1, 0.15) is 0 Å². The molecule has 0 radical (unpaired) electrons. The van der Waals surface area contributed by atoms with Gasteiger partial charge in [-0.2, -0.15) is 22.0 Å². The van der Waals surface area contributed by atoms with Gasteiger partial charge in [0.05, 0.1) is 0 Å². The number of hydrogen-bond acceptors (Lipinski definition) is 2. The van der Waals surface area contributed by atoms with Crippen molar-refractivity contribution in [2.45, 2.75) is 23.9 Å². The Morgan fingerprint density at radius 3 is 1.83 bits per heavy atom. The van der Waals surface area contributed by atoms with E-state index in [9.17, 15) is 26.7 Å². The van der Waals surface area contributed by atoms with Crippen LogP contribution in [0.4, 0.5) is 22.0 Å². The standard InChI is InChI=1S/C10H7F5OS.Na/c1-6(16)17-8-4-2-7(3-5-8)9(11,12)10(13,14)15;/h2-5H,1H3;/q;+1. The van der Waals surface area contributed by atoms with E-state index in [0.717, 1.165) is 23.9 Å². The van der Waals surface area contributed by atoms with E-state index in [2.05, 4.69) is 0 Å². The molecule has 0 aliphatic carbocycles. The van der Waals surface area contributed by atoms with Gasteiger partial charge >= 0.3 is 41.7 Å². The minimum atomic E-state index is -5.62. The third kappa shape index (κ3) is 4.22. The number of thioether (sulfide) groups is 1. The van der Waals surface area contributed by atoms with Gasteiger partial charge in [0.25, 0.3) is 0 Å². The number of benzene rings is 1. The molecule has 0 aromatic heterocycles. The fourth-order valence-corrected chi connectivity index (χ4v) is 1.67. The Bertz CT molecular complexity index is 415. The zero-order chi connectivity index (χ0) is 13.3. The third-order valence-corrected chi connectivity index (χ3v) is 2.63. The Balaban J connectivity index is 0.00000289. The maximum absolute atomic E-state index is 12.9. The molecule has 0 atom stereocenters. The molecule has 0 saturated carbocycles. The summed E-state index contributed by atoms with van der Waals surface area (Å²) in [5, 5.41) is -0.277. The van der Waals surface area contributed by atoms with E-state index in [1.54, 1.807) is 0 Å². The SMILES string of the molecule is CC(=O)Sc1ccc(C(F)(F)C(F)(F)F)cc1.[Na+]. The Morgan fingerprint density at radius 1 is 1.06 bits per heavy atom. The van der Waals surface area contributed by atoms with Crippen LogP contribution in [0.2, 0.25) is 0 Å². The molecule has 18 heavy (non-hydrogen) atoms. The Labute approximate surface area is 126 Å². The molecule has 0 aliphatic rings. The van der Waals surface area contributed by atoms with Crippen LogP contribution in [0.1, 0.15) is 12.5 Å². The number of rotatable bonds is 2. The van der Waals surface area contributed by atoms with Gasteiger partial charge in [0.15, 0.2) is 5.12 Å². The molecule has 0 bridgehead atoms. The van der Waals surface area contributed by atoms with Crippen LogP contribution in [0.3, 0.4) is 0 Å². The van der Waals surface area contributed by atoms with Crippen LogP contribution in [0, 0.1) is 0 Å². The molecule has 94 valence electrons. The van der Waals surface area contributed by atoms with Gasteiger partial charge in [-0.1, -0.05) is 23.9 Å². The summed E-state index contributed by atoms with van der Waals surface area (Å²) in [7, 11) is 0. The molecular weight excluding hydrogens is 286 g/mol. The molecule has 0 spiro atoms. The van der Waals surface area contributed by atoms with E-state index in [0.29, 0.717) is 17.0 Å². The van der Waals surface area contributed by atoms with Crippen molar-refractivity contribution in [3.8, 4) is 0 Å². The van der Waals surface area contributed by atoms with Crippen molar-refractivity contribution in [2.75, 3.05) is 0 Å². The molecule has 0 unspecified atom stereocenters. The van der Waals surface area contributed by atoms with E-state index in [1.165, 1.54) is 6.92 Å². The predicted molar refractivity (Wildman–Crippen MR) is 52.9 cm³/mol. The van der Waals surface area contributed by atoms with E-state index < -0.39 is 17.7 Å². The second kappa shape index (κ2) is 6.36. The van der Waals surface area contributed by atoms with Crippen LogP contribution in [-0.2, 0) is 10.7 Å².